The zero-order valence-corrected chi connectivity index (χ0v) is 24.0. The zero-order chi connectivity index (χ0) is 27.2. The summed E-state index contributed by atoms with van der Waals surface area (Å²) in [5, 5.41) is 3.14. The summed E-state index contributed by atoms with van der Waals surface area (Å²) in [6, 6.07) is 19.3. The lowest BCUT2D eigenvalue weighted by Crippen LogP contribution is -2.51. The Bertz CT molecular complexity index is 1370. The number of nitrogens with one attached hydrogen (secondary N) is 1. The number of rotatable bonds is 10. The molecule has 0 heterocycles. The molecule has 0 aromatic heterocycles. The van der Waals surface area contributed by atoms with Crippen LogP contribution in [-0.2, 0) is 26.2 Å². The molecule has 0 spiro atoms. The Kier molecular flexibility index (Phi) is 9.75. The molecule has 0 saturated carbocycles. The van der Waals surface area contributed by atoms with Crippen LogP contribution in [0.2, 0.25) is 5.02 Å². The van der Waals surface area contributed by atoms with Crippen molar-refractivity contribution in [2.45, 2.75) is 38.3 Å². The van der Waals surface area contributed by atoms with Gasteiger partial charge in [-0.25, -0.2) is 8.42 Å². The number of amides is 2. The van der Waals surface area contributed by atoms with Gasteiger partial charge in [-0.15, -0.1) is 0 Å². The maximum atomic E-state index is 13.8. The lowest BCUT2D eigenvalue weighted by Gasteiger charge is -2.32. The summed E-state index contributed by atoms with van der Waals surface area (Å²) in [7, 11) is -4.13. The Hall–Kier alpha value is -2.88. The molecule has 3 aromatic rings. The van der Waals surface area contributed by atoms with Crippen molar-refractivity contribution in [3.8, 4) is 0 Å². The molecule has 0 aliphatic carbocycles. The van der Waals surface area contributed by atoms with E-state index in [9.17, 15) is 18.0 Å². The predicted octanol–water partition coefficient (Wildman–Crippen LogP) is 5.16. The second-order valence-electron chi connectivity index (χ2n) is 8.53. The van der Waals surface area contributed by atoms with Crippen LogP contribution in [0.4, 0.5) is 5.69 Å². The van der Waals surface area contributed by atoms with Gasteiger partial charge >= 0.3 is 0 Å². The molecule has 0 fully saturated rings. The minimum atomic E-state index is -4.13. The second-order valence-corrected chi connectivity index (χ2v) is 11.7. The summed E-state index contributed by atoms with van der Waals surface area (Å²) in [5.41, 5.74) is 1.97. The molecule has 0 unspecified atom stereocenters. The van der Waals surface area contributed by atoms with Gasteiger partial charge in [0.05, 0.1) is 10.6 Å². The van der Waals surface area contributed by atoms with E-state index in [2.05, 4.69) is 21.2 Å². The number of likely N-dealkylation sites (N-methyl/N-ethyl adjacent to an activating group) is 1. The first-order chi connectivity index (χ1) is 17.5. The van der Waals surface area contributed by atoms with Gasteiger partial charge < -0.3 is 10.2 Å². The monoisotopic (exact) mass is 605 g/mol. The van der Waals surface area contributed by atoms with E-state index < -0.39 is 28.5 Å². The summed E-state index contributed by atoms with van der Waals surface area (Å²) in [4.78, 5) is 27.9. The third kappa shape index (κ3) is 7.34. The maximum absolute atomic E-state index is 13.8. The SMILES string of the molecule is CCNC(=O)[C@H](C)N(Cc1cccc(Br)c1)C(=O)CN(c1cccc(C)c1)S(=O)(=O)c1ccc(Cl)cc1. The van der Waals surface area contributed by atoms with Gasteiger partial charge in [0.15, 0.2) is 0 Å². The fourth-order valence-electron chi connectivity index (χ4n) is 3.78. The maximum Gasteiger partial charge on any atom is 0.264 e. The van der Waals surface area contributed by atoms with E-state index in [4.69, 9.17) is 11.6 Å². The number of carbonyl (C=O) groups excluding carboxylic acids is 2. The van der Waals surface area contributed by atoms with E-state index in [0.29, 0.717) is 17.3 Å². The third-order valence-electron chi connectivity index (χ3n) is 5.73. The van der Waals surface area contributed by atoms with Crippen molar-refractivity contribution >= 4 is 55.1 Å². The Labute approximate surface area is 231 Å². The lowest BCUT2D eigenvalue weighted by molar-refractivity contribution is -0.139. The smallest absolute Gasteiger partial charge is 0.264 e. The summed E-state index contributed by atoms with van der Waals surface area (Å²) in [6.07, 6.45) is 0. The highest BCUT2D eigenvalue weighted by Gasteiger charge is 2.32. The van der Waals surface area contributed by atoms with Crippen molar-refractivity contribution in [2.75, 3.05) is 17.4 Å². The molecular weight excluding hydrogens is 578 g/mol. The minimum absolute atomic E-state index is 0.00141. The molecule has 1 N–H and O–H groups in total. The van der Waals surface area contributed by atoms with Crippen molar-refractivity contribution in [3.05, 3.63) is 93.4 Å². The number of aryl methyl sites for hydroxylation is 1. The third-order valence-corrected chi connectivity index (χ3v) is 8.26. The Morgan fingerprint density at radius 3 is 2.32 bits per heavy atom. The number of anilines is 1. The van der Waals surface area contributed by atoms with Crippen molar-refractivity contribution in [1.82, 2.24) is 10.2 Å². The number of benzene rings is 3. The fraction of sp³-hybridized carbons (Fsp3) is 0.259. The highest BCUT2D eigenvalue weighted by atomic mass is 79.9. The largest absolute Gasteiger partial charge is 0.355 e. The molecule has 0 bridgehead atoms. The Balaban J connectivity index is 2.03. The van der Waals surface area contributed by atoms with E-state index in [1.54, 1.807) is 32.0 Å². The van der Waals surface area contributed by atoms with Crippen LogP contribution in [0.5, 0.6) is 0 Å². The van der Waals surface area contributed by atoms with Crippen LogP contribution in [-0.4, -0.2) is 44.3 Å². The number of nitrogens with zero attached hydrogens (tertiary/aromatic N) is 2. The molecule has 37 heavy (non-hydrogen) atoms. The summed E-state index contributed by atoms with van der Waals surface area (Å²) in [6.45, 7) is 5.30. The van der Waals surface area contributed by atoms with Crippen LogP contribution in [0.1, 0.15) is 25.0 Å². The second kappa shape index (κ2) is 12.6. The minimum Gasteiger partial charge on any atom is -0.355 e. The number of halogens is 2. The van der Waals surface area contributed by atoms with Gasteiger partial charge in [0.1, 0.15) is 12.6 Å². The molecule has 7 nitrogen and oxygen atoms in total. The molecule has 10 heteroatoms. The first kappa shape index (κ1) is 28.7. The van der Waals surface area contributed by atoms with Crippen LogP contribution < -0.4 is 9.62 Å². The molecule has 3 aromatic carbocycles. The molecule has 0 aliphatic rings. The van der Waals surface area contributed by atoms with Gasteiger partial charge in [-0.2, -0.15) is 0 Å². The van der Waals surface area contributed by atoms with Gasteiger partial charge in [-0.3, -0.25) is 13.9 Å². The van der Waals surface area contributed by atoms with Crippen molar-refractivity contribution < 1.29 is 18.0 Å². The summed E-state index contributed by atoms with van der Waals surface area (Å²) < 4.78 is 29.4. The van der Waals surface area contributed by atoms with Crippen LogP contribution >= 0.6 is 27.5 Å². The molecule has 196 valence electrons. The van der Waals surface area contributed by atoms with E-state index in [1.807, 2.05) is 37.3 Å². The predicted molar refractivity (Wildman–Crippen MR) is 150 cm³/mol. The molecule has 3 rings (SSSR count). The molecule has 2 amide bonds. The first-order valence-electron chi connectivity index (χ1n) is 11.7. The van der Waals surface area contributed by atoms with Gasteiger partial charge in [0.25, 0.3) is 10.0 Å². The average Bonchev–Trinajstić information content (AvgIpc) is 2.85. The van der Waals surface area contributed by atoms with Gasteiger partial charge in [-0.1, -0.05) is 51.8 Å². The molecule has 0 saturated heterocycles. The summed E-state index contributed by atoms with van der Waals surface area (Å²) in [5.74, 6) is -0.841. The topological polar surface area (TPSA) is 86.8 Å². The average molecular weight is 607 g/mol. The highest BCUT2D eigenvalue weighted by Crippen LogP contribution is 2.26. The summed E-state index contributed by atoms with van der Waals surface area (Å²) >= 11 is 9.41. The standard InChI is InChI=1S/C27H29BrClN3O4S/c1-4-30-27(34)20(3)31(17-21-8-6-9-22(28)16-21)26(33)18-32(24-10-5-7-19(2)15-24)37(35,36)25-13-11-23(29)12-14-25/h5-16,20H,4,17-18H2,1-3H3,(H,30,34)/t20-/m0/s1. The first-order valence-corrected chi connectivity index (χ1v) is 14.3. The van der Waals surface area contributed by atoms with Crippen LogP contribution in [0.25, 0.3) is 0 Å². The van der Waals surface area contributed by atoms with Crippen molar-refractivity contribution in [3.63, 3.8) is 0 Å². The van der Waals surface area contributed by atoms with Crippen LogP contribution in [0, 0.1) is 6.92 Å². The van der Waals surface area contributed by atoms with Crippen molar-refractivity contribution in [2.24, 2.45) is 0 Å². The van der Waals surface area contributed by atoms with Crippen LogP contribution in [0.15, 0.2) is 82.2 Å². The Morgan fingerprint density at radius 1 is 1.03 bits per heavy atom. The van der Waals surface area contributed by atoms with Gasteiger partial charge in [0, 0.05) is 22.6 Å². The Morgan fingerprint density at radius 2 is 1.70 bits per heavy atom. The molecule has 0 radical (unpaired) electrons. The van der Waals surface area contributed by atoms with E-state index >= 15 is 0 Å². The quantitative estimate of drug-likeness (QED) is 0.346. The molecule has 1 atom stereocenters. The lowest BCUT2D eigenvalue weighted by atomic mass is 10.1. The van der Waals surface area contributed by atoms with Crippen LogP contribution in [0.3, 0.4) is 0 Å². The molecular formula is C27H29BrClN3O4S. The van der Waals surface area contributed by atoms with Gasteiger partial charge in [-0.05, 0) is 80.4 Å². The number of carbonyl (C=O) groups is 2. The molecule has 0 aliphatic heterocycles. The van der Waals surface area contributed by atoms with E-state index in [0.717, 1.165) is 19.9 Å². The fourth-order valence-corrected chi connectivity index (χ4v) is 5.76. The normalized spacial score (nSPS) is 12.0. The number of hydrogen-bond donors (Lipinski definition) is 1. The highest BCUT2D eigenvalue weighted by molar-refractivity contribution is 9.10. The number of sulfonamides is 1. The zero-order valence-electron chi connectivity index (χ0n) is 20.8. The van der Waals surface area contributed by atoms with Crippen molar-refractivity contribution in [1.29, 1.82) is 0 Å². The van der Waals surface area contributed by atoms with E-state index in [-0.39, 0.29) is 17.3 Å². The van der Waals surface area contributed by atoms with E-state index in [1.165, 1.54) is 29.2 Å². The van der Waals surface area contributed by atoms with Gasteiger partial charge in [0.2, 0.25) is 11.8 Å². The number of hydrogen-bond acceptors (Lipinski definition) is 4.